The molecule has 0 saturated carbocycles. The number of phosphoric acid groups is 1. The molecular formula is C10H13O8P. The van der Waals surface area contributed by atoms with Crippen LogP contribution in [0.15, 0.2) is 22.7 Å². The lowest BCUT2D eigenvalue weighted by molar-refractivity contribution is -0.121. The van der Waals surface area contributed by atoms with Gasteiger partial charge >= 0.3 is 7.82 Å². The quantitative estimate of drug-likeness (QED) is 0.539. The lowest BCUT2D eigenvalue weighted by atomic mass is 9.94. The number of ether oxygens (including phenoxy) is 2. The van der Waals surface area contributed by atoms with E-state index in [1.807, 2.05) is 0 Å². The fourth-order valence-electron chi connectivity index (χ4n) is 1.51. The first kappa shape index (κ1) is 15.6. The number of phosphoric ester groups is 1. The van der Waals surface area contributed by atoms with Gasteiger partial charge in [-0.25, -0.2) is 4.57 Å². The average Bonchev–Trinajstić information content (AvgIpc) is 2.31. The van der Waals surface area contributed by atoms with Gasteiger partial charge in [0, 0.05) is 11.1 Å². The van der Waals surface area contributed by atoms with Gasteiger partial charge in [0.15, 0.2) is 0 Å². The van der Waals surface area contributed by atoms with E-state index >= 15 is 0 Å². The molecule has 0 atom stereocenters. The molecule has 0 radical (unpaired) electrons. The average molecular weight is 292 g/mol. The Kier molecular flexibility index (Phi) is 4.65. The minimum atomic E-state index is -4.74. The Hall–Kier alpha value is -1.47. The molecule has 1 aliphatic rings. The molecule has 0 amide bonds. The molecule has 0 aromatic carbocycles. The highest BCUT2D eigenvalue weighted by Crippen LogP contribution is 2.37. The van der Waals surface area contributed by atoms with E-state index in [0.717, 1.165) is 0 Å². The largest absolute Gasteiger partial charge is 0.489 e. The second kappa shape index (κ2) is 5.66. The van der Waals surface area contributed by atoms with Gasteiger partial charge in [-0.05, 0) is 6.92 Å². The molecule has 19 heavy (non-hydrogen) atoms. The van der Waals surface area contributed by atoms with Crippen LogP contribution in [0, 0.1) is 0 Å². The highest BCUT2D eigenvalue weighted by molar-refractivity contribution is 7.46. The molecule has 106 valence electrons. The highest BCUT2D eigenvalue weighted by atomic mass is 31.2. The Balaban J connectivity index is 3.13. The van der Waals surface area contributed by atoms with Gasteiger partial charge in [-0.3, -0.25) is 14.1 Å². The summed E-state index contributed by atoms with van der Waals surface area (Å²) in [7, 11) is -2.35. The van der Waals surface area contributed by atoms with Crippen molar-refractivity contribution in [3.8, 4) is 0 Å². The third kappa shape index (κ3) is 3.30. The smallest absolute Gasteiger partial charge is 0.469 e. The van der Waals surface area contributed by atoms with Crippen LogP contribution in [0.1, 0.15) is 6.92 Å². The molecule has 0 spiro atoms. The Morgan fingerprint density at radius 1 is 1.05 bits per heavy atom. The Bertz CT molecular complexity index is 524. The minimum Gasteiger partial charge on any atom is -0.489 e. The van der Waals surface area contributed by atoms with Gasteiger partial charge in [0.25, 0.3) is 0 Å². The summed E-state index contributed by atoms with van der Waals surface area (Å²) in [5.74, 6) is -1.86. The summed E-state index contributed by atoms with van der Waals surface area (Å²) in [5.41, 5.74) is -0.179. The Labute approximate surface area is 108 Å². The summed E-state index contributed by atoms with van der Waals surface area (Å²) in [6.07, 6.45) is 0. The third-order valence-electron chi connectivity index (χ3n) is 2.47. The number of allylic oxidation sites excluding steroid dienone is 2. The molecule has 8 nitrogen and oxygen atoms in total. The van der Waals surface area contributed by atoms with Gasteiger partial charge in [0.05, 0.1) is 20.8 Å². The zero-order valence-corrected chi connectivity index (χ0v) is 11.4. The lowest BCUT2D eigenvalue weighted by Crippen LogP contribution is -2.26. The summed E-state index contributed by atoms with van der Waals surface area (Å²) in [6, 6.07) is 0. The van der Waals surface area contributed by atoms with Crippen LogP contribution in [0.2, 0.25) is 0 Å². The number of hydrogen-bond donors (Lipinski definition) is 2. The van der Waals surface area contributed by atoms with Crippen molar-refractivity contribution in [1.82, 2.24) is 0 Å². The van der Waals surface area contributed by atoms with Crippen molar-refractivity contribution in [2.75, 3.05) is 20.8 Å². The van der Waals surface area contributed by atoms with E-state index in [2.05, 4.69) is 4.52 Å². The molecule has 0 aromatic rings. The van der Waals surface area contributed by atoms with Crippen LogP contribution >= 0.6 is 7.82 Å². The number of hydrogen-bond acceptors (Lipinski definition) is 6. The molecule has 0 fully saturated rings. The second-order valence-electron chi connectivity index (χ2n) is 3.59. The Morgan fingerprint density at radius 3 is 1.95 bits per heavy atom. The van der Waals surface area contributed by atoms with E-state index in [4.69, 9.17) is 19.3 Å². The summed E-state index contributed by atoms with van der Waals surface area (Å²) in [4.78, 5) is 41.1. The molecule has 0 bridgehead atoms. The molecule has 1 aliphatic carbocycles. The molecule has 0 saturated heterocycles. The number of ketones is 2. The summed E-state index contributed by atoms with van der Waals surface area (Å²) >= 11 is 0. The van der Waals surface area contributed by atoms with Crippen LogP contribution in [-0.4, -0.2) is 42.2 Å². The minimum absolute atomic E-state index is 0.00361. The van der Waals surface area contributed by atoms with Gasteiger partial charge in [-0.1, -0.05) is 0 Å². The van der Waals surface area contributed by atoms with Crippen molar-refractivity contribution in [3.63, 3.8) is 0 Å². The summed E-state index contributed by atoms with van der Waals surface area (Å²) < 4.78 is 24.4. The summed E-state index contributed by atoms with van der Waals surface area (Å²) in [6.45, 7) is 0.647. The monoisotopic (exact) mass is 292 g/mol. The molecule has 0 aromatic heterocycles. The van der Waals surface area contributed by atoms with Gasteiger partial charge < -0.3 is 19.3 Å². The van der Waals surface area contributed by atoms with Crippen LogP contribution < -0.4 is 0 Å². The standard InChI is InChI=1S/C10H13O8P/c1-5-6(4-18-19(13,14)15)8(12)10(17-3)9(16-2)7(5)11/h4H2,1-3H3,(H2,13,14,15). The first-order valence-corrected chi connectivity index (χ1v) is 6.57. The number of carbonyl (C=O) groups is 2. The normalized spacial score (nSPS) is 17.1. The van der Waals surface area contributed by atoms with E-state index < -0.39 is 26.0 Å². The summed E-state index contributed by atoms with van der Waals surface area (Å²) in [5, 5.41) is 0. The van der Waals surface area contributed by atoms with Gasteiger partial charge in [-0.15, -0.1) is 0 Å². The van der Waals surface area contributed by atoms with Crippen molar-refractivity contribution in [3.05, 3.63) is 22.7 Å². The van der Waals surface area contributed by atoms with E-state index in [-0.39, 0.29) is 22.7 Å². The second-order valence-corrected chi connectivity index (χ2v) is 4.83. The molecule has 2 N–H and O–H groups in total. The number of methoxy groups -OCH3 is 2. The van der Waals surface area contributed by atoms with Gasteiger partial charge in [-0.2, -0.15) is 0 Å². The first-order valence-electron chi connectivity index (χ1n) is 5.04. The molecular weight excluding hydrogens is 279 g/mol. The first-order chi connectivity index (χ1) is 8.72. The fourth-order valence-corrected chi connectivity index (χ4v) is 1.81. The lowest BCUT2D eigenvalue weighted by Gasteiger charge is -2.20. The van der Waals surface area contributed by atoms with Crippen LogP contribution in [0.4, 0.5) is 0 Å². The van der Waals surface area contributed by atoms with Crippen molar-refractivity contribution in [1.29, 1.82) is 0 Å². The van der Waals surface area contributed by atoms with Crippen molar-refractivity contribution in [2.24, 2.45) is 0 Å². The van der Waals surface area contributed by atoms with Crippen LogP contribution in [0.3, 0.4) is 0 Å². The molecule has 1 rings (SSSR count). The van der Waals surface area contributed by atoms with E-state index in [9.17, 15) is 14.2 Å². The highest BCUT2D eigenvalue weighted by Gasteiger charge is 2.35. The predicted octanol–water partition coefficient (Wildman–Crippen LogP) is 0.0684. The fraction of sp³-hybridized carbons (Fsp3) is 0.400. The van der Waals surface area contributed by atoms with Crippen LogP contribution in [0.5, 0.6) is 0 Å². The SMILES string of the molecule is COC1=C(OC)C(=O)C(COP(=O)(O)O)=C(C)C1=O. The number of carbonyl (C=O) groups excluding carboxylic acids is 2. The Morgan fingerprint density at radius 2 is 1.53 bits per heavy atom. The van der Waals surface area contributed by atoms with Crippen molar-refractivity contribution < 1.29 is 37.9 Å². The predicted molar refractivity (Wildman–Crippen MR) is 61.8 cm³/mol. The van der Waals surface area contributed by atoms with Gasteiger partial charge in [0.2, 0.25) is 23.1 Å². The maximum absolute atomic E-state index is 12.0. The zero-order chi connectivity index (χ0) is 14.8. The molecule has 0 unspecified atom stereocenters. The number of Topliss-reactive ketones (excluding diaryl/α,β-unsaturated/α-hetero) is 2. The maximum Gasteiger partial charge on any atom is 0.469 e. The van der Waals surface area contributed by atoms with E-state index in [0.29, 0.717) is 0 Å². The molecule has 0 heterocycles. The van der Waals surface area contributed by atoms with E-state index in [1.165, 1.54) is 21.1 Å². The topological polar surface area (TPSA) is 119 Å². The van der Waals surface area contributed by atoms with Crippen molar-refractivity contribution in [2.45, 2.75) is 6.92 Å². The van der Waals surface area contributed by atoms with Crippen LogP contribution in [-0.2, 0) is 28.2 Å². The van der Waals surface area contributed by atoms with E-state index in [1.54, 1.807) is 0 Å². The van der Waals surface area contributed by atoms with Crippen LogP contribution in [0.25, 0.3) is 0 Å². The molecule has 0 aliphatic heterocycles. The molecule has 9 heteroatoms. The zero-order valence-electron chi connectivity index (χ0n) is 10.5. The van der Waals surface area contributed by atoms with Crippen molar-refractivity contribution >= 4 is 19.4 Å². The maximum atomic E-state index is 12.0. The number of rotatable bonds is 5. The third-order valence-corrected chi connectivity index (χ3v) is 2.94. The van der Waals surface area contributed by atoms with Gasteiger partial charge in [0.1, 0.15) is 0 Å².